The van der Waals surface area contributed by atoms with Gasteiger partial charge in [-0.25, -0.2) is 9.78 Å². The summed E-state index contributed by atoms with van der Waals surface area (Å²) >= 11 is 1.18. The summed E-state index contributed by atoms with van der Waals surface area (Å²) in [5, 5.41) is 4.52. The van der Waals surface area contributed by atoms with Gasteiger partial charge >= 0.3 is 11.9 Å². The van der Waals surface area contributed by atoms with E-state index in [9.17, 15) is 14.4 Å². The highest BCUT2D eigenvalue weighted by atomic mass is 32.1. The van der Waals surface area contributed by atoms with Gasteiger partial charge in [-0.1, -0.05) is 6.07 Å². The second-order valence-corrected chi connectivity index (χ2v) is 6.41. The molecular formula is C18H20N2O5S. The molecule has 2 rings (SSSR count). The SMILES string of the molecule is CCOC(=O)Cc1csc(NC(=O)COC(=O)c2ccc(C)c(C)c2)n1. The van der Waals surface area contributed by atoms with Gasteiger partial charge in [-0.05, 0) is 44.0 Å². The van der Waals surface area contributed by atoms with E-state index in [1.54, 1.807) is 24.4 Å². The number of hydrogen-bond acceptors (Lipinski definition) is 7. The molecule has 1 N–H and O–H groups in total. The maximum atomic E-state index is 12.0. The molecule has 0 aliphatic carbocycles. The monoisotopic (exact) mass is 376 g/mol. The van der Waals surface area contributed by atoms with Crippen molar-refractivity contribution >= 4 is 34.3 Å². The second-order valence-electron chi connectivity index (χ2n) is 5.55. The van der Waals surface area contributed by atoms with Crippen LogP contribution in [0, 0.1) is 13.8 Å². The van der Waals surface area contributed by atoms with Gasteiger partial charge in [0.05, 0.1) is 24.3 Å². The Balaban J connectivity index is 1.83. The van der Waals surface area contributed by atoms with Crippen molar-refractivity contribution in [3.05, 3.63) is 46.0 Å². The van der Waals surface area contributed by atoms with E-state index in [0.717, 1.165) is 11.1 Å². The Kier molecular flexibility index (Phi) is 6.85. The maximum absolute atomic E-state index is 12.0. The molecule has 0 aliphatic rings. The molecule has 1 amide bonds. The van der Waals surface area contributed by atoms with Gasteiger partial charge in [0.25, 0.3) is 5.91 Å². The predicted octanol–water partition coefficient (Wildman–Crippen LogP) is 2.66. The van der Waals surface area contributed by atoms with Crippen molar-refractivity contribution in [3.63, 3.8) is 0 Å². The number of esters is 2. The Morgan fingerprint density at radius 2 is 1.92 bits per heavy atom. The summed E-state index contributed by atoms with van der Waals surface area (Å²) < 4.78 is 9.85. The molecule has 0 saturated heterocycles. The van der Waals surface area contributed by atoms with Gasteiger partial charge in [0.15, 0.2) is 11.7 Å². The van der Waals surface area contributed by atoms with E-state index >= 15 is 0 Å². The smallest absolute Gasteiger partial charge is 0.338 e. The molecule has 0 unspecified atom stereocenters. The van der Waals surface area contributed by atoms with Gasteiger partial charge in [-0.3, -0.25) is 14.9 Å². The molecule has 8 heteroatoms. The van der Waals surface area contributed by atoms with Crippen molar-refractivity contribution in [1.29, 1.82) is 0 Å². The number of anilines is 1. The van der Waals surface area contributed by atoms with Crippen LogP contribution >= 0.6 is 11.3 Å². The van der Waals surface area contributed by atoms with Gasteiger partial charge in [-0.15, -0.1) is 11.3 Å². The van der Waals surface area contributed by atoms with E-state index in [0.29, 0.717) is 23.0 Å². The van der Waals surface area contributed by atoms with E-state index in [4.69, 9.17) is 9.47 Å². The zero-order valence-electron chi connectivity index (χ0n) is 14.8. The van der Waals surface area contributed by atoms with E-state index in [1.807, 2.05) is 19.9 Å². The Hall–Kier alpha value is -2.74. The lowest BCUT2D eigenvalue weighted by Gasteiger charge is -2.06. The highest BCUT2D eigenvalue weighted by Gasteiger charge is 2.13. The summed E-state index contributed by atoms with van der Waals surface area (Å²) in [6, 6.07) is 5.20. The van der Waals surface area contributed by atoms with Gasteiger partial charge in [0, 0.05) is 5.38 Å². The molecule has 2 aromatic rings. The molecule has 7 nitrogen and oxygen atoms in total. The predicted molar refractivity (Wildman–Crippen MR) is 97.3 cm³/mol. The molecule has 0 spiro atoms. The number of carbonyl (C=O) groups excluding carboxylic acids is 3. The third kappa shape index (κ3) is 5.66. The van der Waals surface area contributed by atoms with E-state index in [1.165, 1.54) is 11.3 Å². The number of nitrogens with one attached hydrogen (secondary N) is 1. The van der Waals surface area contributed by atoms with Gasteiger partial charge < -0.3 is 9.47 Å². The maximum Gasteiger partial charge on any atom is 0.338 e. The first-order chi connectivity index (χ1) is 12.4. The van der Waals surface area contributed by atoms with E-state index in [-0.39, 0.29) is 12.4 Å². The molecule has 0 bridgehead atoms. The van der Waals surface area contributed by atoms with Crippen LogP contribution in [-0.2, 0) is 25.5 Å². The van der Waals surface area contributed by atoms with Crippen molar-refractivity contribution < 1.29 is 23.9 Å². The molecule has 26 heavy (non-hydrogen) atoms. The largest absolute Gasteiger partial charge is 0.466 e. The van der Waals surface area contributed by atoms with Crippen LogP contribution < -0.4 is 5.32 Å². The first kappa shape index (κ1) is 19.6. The minimum atomic E-state index is -0.564. The highest BCUT2D eigenvalue weighted by Crippen LogP contribution is 2.16. The highest BCUT2D eigenvalue weighted by molar-refractivity contribution is 7.13. The van der Waals surface area contributed by atoms with Crippen molar-refractivity contribution in [2.75, 3.05) is 18.5 Å². The standard InChI is InChI=1S/C18H20N2O5S/c1-4-24-16(22)8-14-10-26-18(19-14)20-15(21)9-25-17(23)13-6-5-11(2)12(3)7-13/h5-7,10H,4,8-9H2,1-3H3,(H,19,20,21). The number of benzene rings is 1. The van der Waals surface area contributed by atoms with Crippen LogP contribution in [0.5, 0.6) is 0 Å². The summed E-state index contributed by atoms with van der Waals surface area (Å²) in [6.07, 6.45) is 0.0436. The Morgan fingerprint density at radius 3 is 2.62 bits per heavy atom. The Morgan fingerprint density at radius 1 is 1.15 bits per heavy atom. The number of carbonyl (C=O) groups is 3. The third-order valence-electron chi connectivity index (χ3n) is 3.51. The number of thiazole rings is 1. The first-order valence-corrected chi connectivity index (χ1v) is 8.91. The minimum absolute atomic E-state index is 0.0436. The molecule has 0 saturated carbocycles. The summed E-state index contributed by atoms with van der Waals surface area (Å²) in [5.41, 5.74) is 2.95. The molecule has 0 aliphatic heterocycles. The van der Waals surface area contributed by atoms with Crippen molar-refractivity contribution in [1.82, 2.24) is 4.98 Å². The average Bonchev–Trinajstić information content (AvgIpc) is 3.02. The summed E-state index contributed by atoms with van der Waals surface area (Å²) in [6.45, 7) is 5.46. The fraction of sp³-hybridized carbons (Fsp3) is 0.333. The topological polar surface area (TPSA) is 94.6 Å². The molecule has 1 aromatic heterocycles. The molecule has 0 atom stereocenters. The van der Waals surface area contributed by atoms with Crippen LogP contribution in [0.3, 0.4) is 0 Å². The zero-order chi connectivity index (χ0) is 19.1. The van der Waals surface area contributed by atoms with E-state index < -0.39 is 18.5 Å². The van der Waals surface area contributed by atoms with Crippen LogP contribution in [-0.4, -0.2) is 36.0 Å². The first-order valence-electron chi connectivity index (χ1n) is 8.03. The van der Waals surface area contributed by atoms with Crippen LogP contribution in [0.25, 0.3) is 0 Å². The lowest BCUT2D eigenvalue weighted by atomic mass is 10.1. The fourth-order valence-electron chi connectivity index (χ4n) is 2.04. The molecule has 1 aromatic carbocycles. The average molecular weight is 376 g/mol. The Bertz CT molecular complexity index is 816. The molecule has 0 fully saturated rings. The number of hydrogen-bond donors (Lipinski definition) is 1. The number of ether oxygens (including phenoxy) is 2. The third-order valence-corrected chi connectivity index (χ3v) is 4.31. The lowest BCUT2D eigenvalue weighted by molar-refractivity contribution is -0.142. The molecule has 1 heterocycles. The van der Waals surface area contributed by atoms with Gasteiger partial charge in [0.1, 0.15) is 0 Å². The van der Waals surface area contributed by atoms with E-state index in [2.05, 4.69) is 10.3 Å². The molecule has 138 valence electrons. The second kappa shape index (κ2) is 9.10. The normalized spacial score (nSPS) is 10.3. The summed E-state index contributed by atoms with van der Waals surface area (Å²) in [7, 11) is 0. The summed E-state index contributed by atoms with van der Waals surface area (Å²) in [5.74, 6) is -1.44. The molecular weight excluding hydrogens is 356 g/mol. The number of aromatic nitrogens is 1. The number of nitrogens with zero attached hydrogens (tertiary/aromatic N) is 1. The van der Waals surface area contributed by atoms with Crippen LogP contribution in [0.4, 0.5) is 5.13 Å². The zero-order valence-corrected chi connectivity index (χ0v) is 15.6. The number of rotatable bonds is 7. The fourth-order valence-corrected chi connectivity index (χ4v) is 2.77. The molecule has 0 radical (unpaired) electrons. The van der Waals surface area contributed by atoms with Gasteiger partial charge in [0.2, 0.25) is 0 Å². The van der Waals surface area contributed by atoms with Crippen LogP contribution in [0.2, 0.25) is 0 Å². The number of aryl methyl sites for hydroxylation is 2. The van der Waals surface area contributed by atoms with Crippen molar-refractivity contribution in [2.45, 2.75) is 27.2 Å². The quantitative estimate of drug-likeness (QED) is 0.747. The minimum Gasteiger partial charge on any atom is -0.466 e. The summed E-state index contributed by atoms with van der Waals surface area (Å²) in [4.78, 5) is 39.4. The van der Waals surface area contributed by atoms with Crippen molar-refractivity contribution in [3.8, 4) is 0 Å². The van der Waals surface area contributed by atoms with Crippen molar-refractivity contribution in [2.24, 2.45) is 0 Å². The Labute approximate surface area is 155 Å². The lowest BCUT2D eigenvalue weighted by Crippen LogP contribution is -2.21. The van der Waals surface area contributed by atoms with Crippen LogP contribution in [0.15, 0.2) is 23.6 Å². The number of amides is 1. The van der Waals surface area contributed by atoms with Gasteiger partial charge in [-0.2, -0.15) is 0 Å². The van der Waals surface area contributed by atoms with Crippen LogP contribution in [0.1, 0.15) is 34.1 Å².